The molecule has 1 rings (SSSR count). The second kappa shape index (κ2) is 9.65. The Hall–Kier alpha value is -2.77. The fourth-order valence-electron chi connectivity index (χ4n) is 2.34. The number of carbonyl (C=O) groups excluding carboxylic acids is 3. The molecule has 4 amide bonds. The molecule has 0 radical (unpaired) electrons. The third kappa shape index (κ3) is 6.27. The Kier molecular flexibility index (Phi) is 7.89. The zero-order valence-corrected chi connectivity index (χ0v) is 16.1. The van der Waals surface area contributed by atoms with Gasteiger partial charge in [0.25, 0.3) is 0 Å². The first-order chi connectivity index (χ1) is 12.2. The monoisotopic (exact) mass is 364 g/mol. The highest BCUT2D eigenvalue weighted by Crippen LogP contribution is 2.27. The molecule has 0 aliphatic carbocycles. The van der Waals surface area contributed by atoms with E-state index in [0.717, 1.165) is 0 Å². The Morgan fingerprint density at radius 2 is 1.50 bits per heavy atom. The molecular weight excluding hydrogens is 336 g/mol. The smallest absolute Gasteiger partial charge is 0.340 e. The Morgan fingerprint density at radius 3 is 1.96 bits per heavy atom. The van der Waals surface area contributed by atoms with E-state index in [0.29, 0.717) is 17.7 Å². The number of methoxy groups -OCH3 is 1. The van der Waals surface area contributed by atoms with Gasteiger partial charge < -0.3 is 26.0 Å². The van der Waals surface area contributed by atoms with Gasteiger partial charge in [-0.2, -0.15) is 0 Å². The van der Waals surface area contributed by atoms with Crippen LogP contribution in [0, 0.1) is 0 Å². The number of urea groups is 2. The third-order valence-electron chi connectivity index (χ3n) is 3.34. The number of hydrogen-bond acceptors (Lipinski definition) is 4. The highest BCUT2D eigenvalue weighted by molar-refractivity contribution is 6.03. The van der Waals surface area contributed by atoms with E-state index in [-0.39, 0.29) is 29.4 Å². The van der Waals surface area contributed by atoms with Crippen molar-refractivity contribution in [2.24, 2.45) is 0 Å². The van der Waals surface area contributed by atoms with Gasteiger partial charge in [0.2, 0.25) is 0 Å². The van der Waals surface area contributed by atoms with E-state index >= 15 is 0 Å². The molecule has 0 bridgehead atoms. The molecule has 0 saturated carbocycles. The molecule has 0 aliphatic heterocycles. The Balaban J connectivity index is 3.27. The van der Waals surface area contributed by atoms with Crippen molar-refractivity contribution in [2.45, 2.75) is 53.1 Å². The van der Waals surface area contributed by atoms with Crippen LogP contribution >= 0.6 is 0 Å². The molecule has 0 spiro atoms. The number of amides is 4. The second-order valence-corrected chi connectivity index (χ2v) is 6.41. The number of esters is 1. The van der Waals surface area contributed by atoms with Gasteiger partial charge in [-0.1, -0.05) is 6.92 Å². The van der Waals surface area contributed by atoms with Crippen molar-refractivity contribution >= 4 is 29.4 Å². The Morgan fingerprint density at radius 1 is 0.962 bits per heavy atom. The van der Waals surface area contributed by atoms with Crippen LogP contribution in [0.1, 0.15) is 50.5 Å². The molecule has 8 heteroatoms. The number of nitrogens with one attached hydrogen (secondary N) is 4. The van der Waals surface area contributed by atoms with Crippen molar-refractivity contribution in [3.63, 3.8) is 0 Å². The van der Waals surface area contributed by atoms with Crippen LogP contribution in [-0.2, 0) is 11.2 Å². The average Bonchev–Trinajstić information content (AvgIpc) is 2.51. The summed E-state index contributed by atoms with van der Waals surface area (Å²) in [6.07, 6.45) is 0.520. The van der Waals surface area contributed by atoms with Crippen LogP contribution < -0.4 is 21.3 Å². The van der Waals surface area contributed by atoms with Gasteiger partial charge in [-0.15, -0.1) is 0 Å². The maximum Gasteiger partial charge on any atom is 0.340 e. The van der Waals surface area contributed by atoms with Crippen molar-refractivity contribution in [2.75, 3.05) is 17.7 Å². The fraction of sp³-hybridized carbons (Fsp3) is 0.500. The van der Waals surface area contributed by atoms with Crippen LogP contribution in [0.3, 0.4) is 0 Å². The van der Waals surface area contributed by atoms with E-state index in [9.17, 15) is 14.4 Å². The molecule has 1 aromatic carbocycles. The molecular formula is C18H28N4O4. The van der Waals surface area contributed by atoms with Gasteiger partial charge in [-0.25, -0.2) is 14.4 Å². The van der Waals surface area contributed by atoms with Gasteiger partial charge in [0.1, 0.15) is 0 Å². The lowest BCUT2D eigenvalue weighted by molar-refractivity contribution is 0.0600. The van der Waals surface area contributed by atoms with Crippen LogP contribution in [0.2, 0.25) is 0 Å². The summed E-state index contributed by atoms with van der Waals surface area (Å²) in [5, 5.41) is 10.8. The minimum absolute atomic E-state index is 0.0237. The highest BCUT2D eigenvalue weighted by atomic mass is 16.5. The molecule has 0 fully saturated rings. The summed E-state index contributed by atoms with van der Waals surface area (Å²) in [5.74, 6) is -0.556. The molecule has 0 unspecified atom stereocenters. The van der Waals surface area contributed by atoms with E-state index in [4.69, 9.17) is 4.74 Å². The molecule has 0 saturated heterocycles. The predicted octanol–water partition coefficient (Wildman–Crippen LogP) is 3.10. The van der Waals surface area contributed by atoms with Gasteiger partial charge in [-0.05, 0) is 51.8 Å². The first kappa shape index (κ1) is 21.3. The number of anilines is 2. The van der Waals surface area contributed by atoms with Gasteiger partial charge in [-0.3, -0.25) is 0 Å². The standard InChI is InChI=1S/C18H28N4O4/c1-7-12-8-13(21-17(24)19-10(2)3)9-14(15(12)16(23)26-6)22-18(25)20-11(4)5/h8-11H,7H2,1-6H3,(H2,19,21,24)(H2,20,22,25). The topological polar surface area (TPSA) is 109 Å². The molecule has 0 heterocycles. The van der Waals surface area contributed by atoms with E-state index in [1.54, 1.807) is 6.07 Å². The van der Waals surface area contributed by atoms with Gasteiger partial charge in [0.15, 0.2) is 0 Å². The van der Waals surface area contributed by atoms with E-state index in [2.05, 4.69) is 21.3 Å². The van der Waals surface area contributed by atoms with E-state index in [1.165, 1.54) is 13.2 Å². The van der Waals surface area contributed by atoms with Crippen molar-refractivity contribution in [3.8, 4) is 0 Å². The van der Waals surface area contributed by atoms with Crippen molar-refractivity contribution < 1.29 is 19.1 Å². The summed E-state index contributed by atoms with van der Waals surface area (Å²) in [5.41, 5.74) is 1.66. The van der Waals surface area contributed by atoms with Crippen molar-refractivity contribution in [1.29, 1.82) is 0 Å². The van der Waals surface area contributed by atoms with Gasteiger partial charge in [0.05, 0.1) is 18.4 Å². The summed E-state index contributed by atoms with van der Waals surface area (Å²) in [6, 6.07) is 2.31. The average molecular weight is 364 g/mol. The second-order valence-electron chi connectivity index (χ2n) is 6.41. The molecule has 0 aromatic heterocycles. The fourth-order valence-corrected chi connectivity index (χ4v) is 2.34. The lowest BCUT2D eigenvalue weighted by atomic mass is 10.0. The highest BCUT2D eigenvalue weighted by Gasteiger charge is 2.20. The zero-order chi connectivity index (χ0) is 19.9. The summed E-state index contributed by atoms with van der Waals surface area (Å²) in [7, 11) is 1.28. The minimum Gasteiger partial charge on any atom is -0.465 e. The number of aryl methyl sites for hydroxylation is 1. The summed E-state index contributed by atoms with van der Waals surface area (Å²) >= 11 is 0. The summed E-state index contributed by atoms with van der Waals surface area (Å²) in [4.78, 5) is 36.3. The molecule has 0 atom stereocenters. The predicted molar refractivity (Wildman–Crippen MR) is 102 cm³/mol. The number of hydrogen-bond donors (Lipinski definition) is 4. The minimum atomic E-state index is -0.556. The maximum absolute atomic E-state index is 12.2. The zero-order valence-electron chi connectivity index (χ0n) is 16.1. The maximum atomic E-state index is 12.2. The number of ether oxygens (including phenoxy) is 1. The normalized spacial score (nSPS) is 10.5. The molecule has 144 valence electrons. The lowest BCUT2D eigenvalue weighted by Gasteiger charge is -2.18. The molecule has 26 heavy (non-hydrogen) atoms. The van der Waals surface area contributed by atoms with Crippen molar-refractivity contribution in [3.05, 3.63) is 23.3 Å². The molecule has 4 N–H and O–H groups in total. The number of benzene rings is 1. The SMILES string of the molecule is CCc1cc(NC(=O)NC(C)C)cc(NC(=O)NC(C)C)c1C(=O)OC. The Labute approximate surface area is 154 Å². The van der Waals surface area contributed by atoms with E-state index in [1.807, 2.05) is 34.6 Å². The third-order valence-corrected chi connectivity index (χ3v) is 3.34. The van der Waals surface area contributed by atoms with E-state index < -0.39 is 12.0 Å². The first-order valence-corrected chi connectivity index (χ1v) is 8.58. The van der Waals surface area contributed by atoms with Crippen LogP contribution in [-0.4, -0.2) is 37.2 Å². The quantitative estimate of drug-likeness (QED) is 0.582. The van der Waals surface area contributed by atoms with Crippen LogP contribution in [0.5, 0.6) is 0 Å². The molecule has 1 aromatic rings. The van der Waals surface area contributed by atoms with Gasteiger partial charge in [0, 0.05) is 17.8 Å². The summed E-state index contributed by atoms with van der Waals surface area (Å²) in [6.45, 7) is 9.22. The lowest BCUT2D eigenvalue weighted by Crippen LogP contribution is -2.35. The first-order valence-electron chi connectivity index (χ1n) is 8.58. The summed E-state index contributed by atoms with van der Waals surface area (Å²) < 4.78 is 4.85. The largest absolute Gasteiger partial charge is 0.465 e. The van der Waals surface area contributed by atoms with Crippen LogP contribution in [0.15, 0.2) is 12.1 Å². The van der Waals surface area contributed by atoms with Gasteiger partial charge >= 0.3 is 18.0 Å². The van der Waals surface area contributed by atoms with Crippen molar-refractivity contribution in [1.82, 2.24) is 10.6 Å². The van der Waals surface area contributed by atoms with Crippen LogP contribution in [0.4, 0.5) is 21.0 Å². The number of rotatable bonds is 6. The van der Waals surface area contributed by atoms with Crippen LogP contribution in [0.25, 0.3) is 0 Å². The molecule has 0 aliphatic rings. The number of carbonyl (C=O) groups is 3. The Bertz CT molecular complexity index is 671. The molecule has 8 nitrogen and oxygen atoms in total.